The predicted octanol–water partition coefficient (Wildman–Crippen LogP) is 0.535. The van der Waals surface area contributed by atoms with E-state index in [1.807, 2.05) is 0 Å². The molecule has 0 heterocycles. The van der Waals surface area contributed by atoms with Gasteiger partial charge in [0.15, 0.2) is 6.29 Å². The zero-order valence-corrected chi connectivity index (χ0v) is 8.80. The van der Waals surface area contributed by atoms with Crippen LogP contribution in [0.3, 0.4) is 0 Å². The number of hydrogen-bond donors (Lipinski definition) is 1. The number of carbonyl (C=O) groups excluding carboxylic acids is 1. The number of allylic oxidation sites excluding steroid dienone is 2. The highest BCUT2D eigenvalue weighted by Crippen LogP contribution is 2.19. The molecular weight excluding hydrogens is 212 g/mol. The van der Waals surface area contributed by atoms with Crippen LogP contribution in [0.5, 0.6) is 0 Å². The van der Waals surface area contributed by atoms with Gasteiger partial charge in [0.05, 0.1) is 18.0 Å². The van der Waals surface area contributed by atoms with E-state index in [0.717, 1.165) is 0 Å². The summed E-state index contributed by atoms with van der Waals surface area (Å²) in [5.41, 5.74) is 6.63. The molecule has 86 valence electrons. The van der Waals surface area contributed by atoms with E-state index in [4.69, 9.17) is 10.5 Å². The van der Waals surface area contributed by atoms with Crippen molar-refractivity contribution in [3.05, 3.63) is 44.8 Å². The number of rotatable bonds is 4. The molecule has 1 rings (SSSR count). The van der Waals surface area contributed by atoms with Gasteiger partial charge in [-0.05, 0) is 11.6 Å². The molecule has 16 heavy (non-hydrogen) atoms. The number of ether oxygens (including phenoxy) is 1. The van der Waals surface area contributed by atoms with Crippen LogP contribution in [0.25, 0.3) is 0 Å². The van der Waals surface area contributed by atoms with Crippen molar-refractivity contribution in [2.24, 2.45) is 5.73 Å². The molecule has 0 bridgehead atoms. The molecule has 6 heteroatoms. The molecule has 1 aliphatic rings. The minimum Gasteiger partial charge on any atom is -0.402 e. The van der Waals surface area contributed by atoms with Gasteiger partial charge in [-0.1, -0.05) is 0 Å². The van der Waals surface area contributed by atoms with Crippen LogP contribution in [0, 0.1) is 10.1 Å². The third kappa shape index (κ3) is 2.77. The molecule has 0 aromatic carbocycles. The number of nitrogens with zero attached hydrogens (tertiary/aromatic N) is 1. The van der Waals surface area contributed by atoms with Gasteiger partial charge in [-0.25, -0.2) is 0 Å². The smallest absolute Gasteiger partial charge is 0.252 e. The first-order chi connectivity index (χ1) is 7.58. The lowest BCUT2D eigenvalue weighted by molar-refractivity contribution is -0.427. The monoisotopic (exact) mass is 224 g/mol. The van der Waals surface area contributed by atoms with Gasteiger partial charge >= 0.3 is 0 Å². The summed E-state index contributed by atoms with van der Waals surface area (Å²) < 4.78 is 4.90. The molecule has 0 atom stereocenters. The Hall–Kier alpha value is -1.95. The summed E-state index contributed by atoms with van der Waals surface area (Å²) in [6, 6.07) is 0. The van der Waals surface area contributed by atoms with Crippen LogP contribution in [0.4, 0.5) is 0 Å². The number of methoxy groups -OCH3 is 1. The molecule has 0 fully saturated rings. The second kappa shape index (κ2) is 5.22. The molecule has 0 saturated heterocycles. The summed E-state index contributed by atoms with van der Waals surface area (Å²) in [6.07, 6.45) is 3.36. The molecule has 0 aromatic heterocycles. The molecule has 6 nitrogen and oxygen atoms in total. The molecule has 0 unspecified atom stereocenters. The molecule has 0 amide bonds. The minimum atomic E-state index is -0.542. The zero-order chi connectivity index (χ0) is 12.1. The van der Waals surface area contributed by atoms with E-state index in [2.05, 4.69) is 0 Å². The molecule has 0 aromatic rings. The quantitative estimate of drug-likeness (QED) is 0.427. The molecule has 0 saturated carbocycles. The SMILES string of the molecule is COCC1=C(C=O)C=C([N+](=O)[O-])CC(N)=C1. The maximum absolute atomic E-state index is 10.8. The highest BCUT2D eigenvalue weighted by molar-refractivity contribution is 5.80. The minimum absolute atomic E-state index is 0.0254. The Morgan fingerprint density at radius 1 is 1.62 bits per heavy atom. The lowest BCUT2D eigenvalue weighted by Gasteiger charge is -2.01. The lowest BCUT2D eigenvalue weighted by atomic mass is 10.1. The molecule has 0 spiro atoms. The predicted molar refractivity (Wildman–Crippen MR) is 56.9 cm³/mol. The van der Waals surface area contributed by atoms with Crippen LogP contribution < -0.4 is 5.73 Å². The van der Waals surface area contributed by atoms with Crippen molar-refractivity contribution in [1.29, 1.82) is 0 Å². The summed E-state index contributed by atoms with van der Waals surface area (Å²) in [4.78, 5) is 20.9. The van der Waals surface area contributed by atoms with E-state index >= 15 is 0 Å². The Balaban J connectivity index is 3.22. The Morgan fingerprint density at radius 2 is 2.31 bits per heavy atom. The maximum Gasteiger partial charge on any atom is 0.252 e. The summed E-state index contributed by atoms with van der Waals surface area (Å²) in [5, 5.41) is 10.7. The fourth-order valence-electron chi connectivity index (χ4n) is 1.40. The first-order valence-electron chi connectivity index (χ1n) is 4.56. The van der Waals surface area contributed by atoms with E-state index in [1.165, 1.54) is 13.2 Å². The number of aldehydes is 1. The second-order valence-corrected chi connectivity index (χ2v) is 3.32. The van der Waals surface area contributed by atoms with Gasteiger partial charge in [-0.2, -0.15) is 0 Å². The van der Waals surface area contributed by atoms with Crippen molar-refractivity contribution >= 4 is 6.29 Å². The van der Waals surface area contributed by atoms with Gasteiger partial charge < -0.3 is 10.5 Å². The van der Waals surface area contributed by atoms with Crippen LogP contribution in [-0.2, 0) is 9.53 Å². The van der Waals surface area contributed by atoms with E-state index in [0.29, 0.717) is 17.6 Å². The topological polar surface area (TPSA) is 95.5 Å². The maximum atomic E-state index is 10.8. The van der Waals surface area contributed by atoms with Gasteiger partial charge in [0, 0.05) is 24.5 Å². The Kier molecular flexibility index (Phi) is 3.96. The van der Waals surface area contributed by atoms with Crippen LogP contribution in [0.1, 0.15) is 6.42 Å². The average molecular weight is 224 g/mol. The average Bonchev–Trinajstić information content (AvgIpc) is 2.38. The van der Waals surface area contributed by atoms with Crippen LogP contribution >= 0.6 is 0 Å². The van der Waals surface area contributed by atoms with E-state index in [-0.39, 0.29) is 24.3 Å². The van der Waals surface area contributed by atoms with Crippen molar-refractivity contribution in [1.82, 2.24) is 0 Å². The lowest BCUT2D eigenvalue weighted by Crippen LogP contribution is -2.04. The highest BCUT2D eigenvalue weighted by atomic mass is 16.6. The number of nitrogens with two attached hydrogens (primary N) is 1. The van der Waals surface area contributed by atoms with Crippen LogP contribution in [0.2, 0.25) is 0 Å². The number of nitro groups is 1. The third-order valence-corrected chi connectivity index (χ3v) is 2.10. The molecule has 0 radical (unpaired) electrons. The third-order valence-electron chi connectivity index (χ3n) is 2.10. The summed E-state index contributed by atoms with van der Waals surface area (Å²) in [5.74, 6) is 0. The van der Waals surface area contributed by atoms with Gasteiger partial charge in [0.25, 0.3) is 5.70 Å². The van der Waals surface area contributed by atoms with Crippen molar-refractivity contribution in [2.45, 2.75) is 6.42 Å². The Bertz CT molecular complexity index is 407. The Morgan fingerprint density at radius 3 is 2.81 bits per heavy atom. The van der Waals surface area contributed by atoms with Gasteiger partial charge in [0.1, 0.15) is 0 Å². The second-order valence-electron chi connectivity index (χ2n) is 3.32. The van der Waals surface area contributed by atoms with Gasteiger partial charge in [-0.15, -0.1) is 0 Å². The first kappa shape index (κ1) is 12.1. The van der Waals surface area contributed by atoms with Gasteiger partial charge in [0.2, 0.25) is 0 Å². The first-order valence-corrected chi connectivity index (χ1v) is 4.56. The van der Waals surface area contributed by atoms with E-state index in [1.54, 1.807) is 6.08 Å². The molecule has 2 N–H and O–H groups in total. The zero-order valence-electron chi connectivity index (χ0n) is 8.80. The molecule has 1 aliphatic carbocycles. The van der Waals surface area contributed by atoms with Crippen molar-refractivity contribution < 1.29 is 14.5 Å². The standard InChI is InChI=1S/C10H12N2O4/c1-16-6-8-2-9(11)4-10(12(14)15)3-7(8)5-13/h2-3,5H,4,6,11H2,1H3. The highest BCUT2D eigenvalue weighted by Gasteiger charge is 2.18. The fraction of sp³-hybridized carbons (Fsp3) is 0.300. The largest absolute Gasteiger partial charge is 0.402 e. The number of hydrogen-bond acceptors (Lipinski definition) is 5. The van der Waals surface area contributed by atoms with Crippen LogP contribution in [-0.4, -0.2) is 24.9 Å². The van der Waals surface area contributed by atoms with Crippen molar-refractivity contribution in [2.75, 3.05) is 13.7 Å². The molecular formula is C10H12N2O4. The fourth-order valence-corrected chi connectivity index (χ4v) is 1.40. The van der Waals surface area contributed by atoms with Gasteiger partial charge in [-0.3, -0.25) is 14.9 Å². The summed E-state index contributed by atoms with van der Waals surface area (Å²) in [6.45, 7) is 0.191. The Labute approximate surface area is 92.2 Å². The normalized spacial score (nSPS) is 16.3. The molecule has 0 aliphatic heterocycles. The van der Waals surface area contributed by atoms with E-state index in [9.17, 15) is 14.9 Å². The summed E-state index contributed by atoms with van der Waals surface area (Å²) >= 11 is 0. The van der Waals surface area contributed by atoms with Crippen molar-refractivity contribution in [3.63, 3.8) is 0 Å². The van der Waals surface area contributed by atoms with E-state index < -0.39 is 4.92 Å². The number of carbonyl (C=O) groups is 1. The van der Waals surface area contributed by atoms with Crippen molar-refractivity contribution in [3.8, 4) is 0 Å². The van der Waals surface area contributed by atoms with Crippen LogP contribution in [0.15, 0.2) is 34.7 Å². The summed E-state index contributed by atoms with van der Waals surface area (Å²) in [7, 11) is 1.47.